The van der Waals surface area contributed by atoms with E-state index in [0.717, 1.165) is 25.2 Å². The highest BCUT2D eigenvalue weighted by atomic mass is 35.5. The molecule has 1 aromatic carbocycles. The summed E-state index contributed by atoms with van der Waals surface area (Å²) < 4.78 is 0. The monoisotopic (exact) mass is 239 g/mol. The van der Waals surface area contributed by atoms with Gasteiger partial charge in [0.2, 0.25) is 0 Å². The molecule has 0 radical (unpaired) electrons. The number of aromatic carboxylic acids is 1. The first kappa shape index (κ1) is 11.4. The van der Waals surface area contributed by atoms with E-state index in [1.165, 1.54) is 18.9 Å². The minimum atomic E-state index is -0.926. The molecule has 0 aliphatic carbocycles. The number of carboxylic acids is 1. The smallest absolute Gasteiger partial charge is 0.335 e. The van der Waals surface area contributed by atoms with E-state index in [9.17, 15) is 4.79 Å². The van der Waals surface area contributed by atoms with Gasteiger partial charge in [-0.25, -0.2) is 4.79 Å². The fourth-order valence-corrected chi connectivity index (χ4v) is 2.32. The average Bonchev–Trinajstić information content (AvgIpc) is 2.69. The third-order valence-corrected chi connectivity index (χ3v) is 3.03. The van der Waals surface area contributed by atoms with Crippen LogP contribution in [-0.2, 0) is 6.54 Å². The number of rotatable bonds is 3. The van der Waals surface area contributed by atoms with Crippen molar-refractivity contribution < 1.29 is 9.90 Å². The predicted molar refractivity (Wildman–Crippen MR) is 62.9 cm³/mol. The first-order valence-corrected chi connectivity index (χ1v) is 5.78. The standard InChI is InChI=1S/C12H14ClNO2/c13-11-6-9(5-10(7-11)12(15)16)8-14-3-1-2-4-14/h5-7H,1-4,8H2,(H,15,16). The zero-order valence-electron chi connectivity index (χ0n) is 8.95. The second-order valence-electron chi connectivity index (χ2n) is 4.14. The van der Waals surface area contributed by atoms with Gasteiger partial charge < -0.3 is 5.11 Å². The molecular formula is C12H14ClNO2. The molecule has 1 fully saturated rings. The number of carbonyl (C=O) groups is 1. The van der Waals surface area contributed by atoms with Crippen LogP contribution in [0.25, 0.3) is 0 Å². The Balaban J connectivity index is 2.16. The van der Waals surface area contributed by atoms with Crippen molar-refractivity contribution in [2.24, 2.45) is 0 Å². The lowest BCUT2D eigenvalue weighted by Gasteiger charge is -2.15. The Morgan fingerprint density at radius 1 is 1.31 bits per heavy atom. The SMILES string of the molecule is O=C(O)c1cc(Cl)cc(CN2CCCC2)c1. The lowest BCUT2D eigenvalue weighted by Crippen LogP contribution is -2.18. The van der Waals surface area contributed by atoms with Crippen molar-refractivity contribution in [2.45, 2.75) is 19.4 Å². The molecule has 2 rings (SSSR count). The molecule has 1 aromatic rings. The van der Waals surface area contributed by atoms with Crippen molar-refractivity contribution in [3.8, 4) is 0 Å². The highest BCUT2D eigenvalue weighted by Crippen LogP contribution is 2.18. The topological polar surface area (TPSA) is 40.5 Å². The minimum absolute atomic E-state index is 0.265. The molecular weight excluding hydrogens is 226 g/mol. The number of halogens is 1. The maximum absolute atomic E-state index is 10.9. The third kappa shape index (κ3) is 2.74. The van der Waals surface area contributed by atoms with Crippen molar-refractivity contribution >= 4 is 17.6 Å². The van der Waals surface area contributed by atoms with Crippen LogP contribution in [0.15, 0.2) is 18.2 Å². The summed E-state index contributed by atoms with van der Waals surface area (Å²) in [4.78, 5) is 13.2. The van der Waals surface area contributed by atoms with Gasteiger partial charge in [0, 0.05) is 11.6 Å². The van der Waals surface area contributed by atoms with E-state index in [0.29, 0.717) is 5.02 Å². The van der Waals surface area contributed by atoms with Crippen LogP contribution < -0.4 is 0 Å². The maximum Gasteiger partial charge on any atom is 0.335 e. The largest absolute Gasteiger partial charge is 0.478 e. The summed E-state index contributed by atoms with van der Waals surface area (Å²) in [6.07, 6.45) is 2.46. The molecule has 1 N–H and O–H groups in total. The van der Waals surface area contributed by atoms with Gasteiger partial charge in [0.25, 0.3) is 0 Å². The summed E-state index contributed by atoms with van der Waals surface area (Å²) in [5, 5.41) is 9.42. The molecule has 1 aliphatic heterocycles. The Hall–Kier alpha value is -1.06. The van der Waals surface area contributed by atoms with Gasteiger partial charge >= 0.3 is 5.97 Å². The average molecular weight is 240 g/mol. The molecule has 86 valence electrons. The molecule has 0 saturated carbocycles. The molecule has 0 bridgehead atoms. The van der Waals surface area contributed by atoms with Gasteiger partial charge in [0.1, 0.15) is 0 Å². The van der Waals surface area contributed by atoms with E-state index < -0.39 is 5.97 Å². The fraction of sp³-hybridized carbons (Fsp3) is 0.417. The van der Waals surface area contributed by atoms with Crippen LogP contribution in [-0.4, -0.2) is 29.1 Å². The van der Waals surface area contributed by atoms with E-state index in [-0.39, 0.29) is 5.56 Å². The second kappa shape index (κ2) is 4.85. The molecule has 1 aliphatic rings. The summed E-state index contributed by atoms with van der Waals surface area (Å²) in [6.45, 7) is 2.98. The van der Waals surface area contributed by atoms with Crippen molar-refractivity contribution in [2.75, 3.05) is 13.1 Å². The van der Waals surface area contributed by atoms with Gasteiger partial charge in [-0.1, -0.05) is 11.6 Å². The van der Waals surface area contributed by atoms with Crippen LogP contribution in [0.5, 0.6) is 0 Å². The molecule has 0 aromatic heterocycles. The van der Waals surface area contributed by atoms with Crippen LogP contribution in [0.1, 0.15) is 28.8 Å². The van der Waals surface area contributed by atoms with E-state index in [1.54, 1.807) is 6.07 Å². The molecule has 4 heteroatoms. The van der Waals surface area contributed by atoms with Crippen LogP contribution in [0.3, 0.4) is 0 Å². The first-order valence-electron chi connectivity index (χ1n) is 5.40. The van der Waals surface area contributed by atoms with Gasteiger partial charge in [-0.2, -0.15) is 0 Å². The fourth-order valence-electron chi connectivity index (χ4n) is 2.06. The Bertz CT molecular complexity index is 400. The lowest BCUT2D eigenvalue weighted by atomic mass is 10.1. The summed E-state index contributed by atoms with van der Waals surface area (Å²) >= 11 is 5.90. The van der Waals surface area contributed by atoms with E-state index >= 15 is 0 Å². The van der Waals surface area contributed by atoms with Crippen LogP contribution >= 0.6 is 11.6 Å². The van der Waals surface area contributed by atoms with Gasteiger partial charge in [-0.3, -0.25) is 4.90 Å². The third-order valence-electron chi connectivity index (χ3n) is 2.81. The van der Waals surface area contributed by atoms with Gasteiger partial charge in [0.15, 0.2) is 0 Å². The Kier molecular flexibility index (Phi) is 3.46. The Morgan fingerprint density at radius 3 is 2.62 bits per heavy atom. The van der Waals surface area contributed by atoms with Crippen molar-refractivity contribution in [3.05, 3.63) is 34.3 Å². The van der Waals surface area contributed by atoms with Crippen LogP contribution in [0.2, 0.25) is 5.02 Å². The number of hydrogen-bond donors (Lipinski definition) is 1. The highest BCUT2D eigenvalue weighted by molar-refractivity contribution is 6.31. The van der Waals surface area contributed by atoms with E-state index in [2.05, 4.69) is 4.90 Å². The van der Waals surface area contributed by atoms with Gasteiger partial charge in [0.05, 0.1) is 5.56 Å². The summed E-state index contributed by atoms with van der Waals surface area (Å²) in [5.74, 6) is -0.926. The normalized spacial score (nSPS) is 16.6. The molecule has 3 nitrogen and oxygen atoms in total. The summed E-state index contributed by atoms with van der Waals surface area (Å²) in [5.41, 5.74) is 1.24. The zero-order chi connectivity index (χ0) is 11.5. The van der Waals surface area contributed by atoms with Crippen molar-refractivity contribution in [3.63, 3.8) is 0 Å². The van der Waals surface area contributed by atoms with Crippen LogP contribution in [0.4, 0.5) is 0 Å². The van der Waals surface area contributed by atoms with Crippen molar-refractivity contribution in [1.29, 1.82) is 0 Å². The maximum atomic E-state index is 10.9. The highest BCUT2D eigenvalue weighted by Gasteiger charge is 2.13. The lowest BCUT2D eigenvalue weighted by molar-refractivity contribution is 0.0696. The molecule has 1 saturated heterocycles. The van der Waals surface area contributed by atoms with E-state index in [1.807, 2.05) is 6.07 Å². The van der Waals surface area contributed by atoms with Gasteiger partial charge in [-0.15, -0.1) is 0 Å². The van der Waals surface area contributed by atoms with E-state index in [4.69, 9.17) is 16.7 Å². The quantitative estimate of drug-likeness (QED) is 0.882. The molecule has 0 atom stereocenters. The zero-order valence-corrected chi connectivity index (χ0v) is 9.70. The van der Waals surface area contributed by atoms with Crippen LogP contribution in [0, 0.1) is 0 Å². The summed E-state index contributed by atoms with van der Waals surface area (Å²) in [6, 6.07) is 5.02. The van der Waals surface area contributed by atoms with Gasteiger partial charge in [-0.05, 0) is 49.7 Å². The Morgan fingerprint density at radius 2 is 2.00 bits per heavy atom. The second-order valence-corrected chi connectivity index (χ2v) is 4.57. The molecule has 0 spiro atoms. The number of likely N-dealkylation sites (tertiary alicyclic amines) is 1. The van der Waals surface area contributed by atoms with Crippen molar-refractivity contribution in [1.82, 2.24) is 4.90 Å². The molecule has 1 heterocycles. The summed E-state index contributed by atoms with van der Waals surface area (Å²) in [7, 11) is 0. The number of benzene rings is 1. The minimum Gasteiger partial charge on any atom is -0.478 e. The molecule has 0 unspecified atom stereocenters. The molecule has 0 amide bonds. The predicted octanol–water partition coefficient (Wildman–Crippen LogP) is 2.63. The number of carboxylic acid groups (broad SMARTS) is 1. The number of hydrogen-bond acceptors (Lipinski definition) is 2. The molecule has 16 heavy (non-hydrogen) atoms. The number of nitrogens with zero attached hydrogens (tertiary/aromatic N) is 1. The Labute approximate surface area is 99.6 Å². The first-order chi connectivity index (χ1) is 7.65.